The van der Waals surface area contributed by atoms with E-state index < -0.39 is 5.82 Å². The molecule has 1 aromatic heterocycles. The molecule has 3 heterocycles. The molecule has 2 aliphatic rings. The van der Waals surface area contributed by atoms with E-state index in [4.69, 9.17) is 0 Å². The van der Waals surface area contributed by atoms with Crippen LogP contribution in [0.4, 0.5) is 15.8 Å². The molecule has 31 heavy (non-hydrogen) atoms. The Labute approximate surface area is 183 Å². The maximum Gasteiger partial charge on any atom is 0.282 e. The molecule has 7 heteroatoms. The lowest BCUT2D eigenvalue weighted by atomic mass is 10.1. The third-order valence-electron chi connectivity index (χ3n) is 5.63. The van der Waals surface area contributed by atoms with Crippen LogP contribution in [0.15, 0.2) is 77.8 Å². The number of hydrogen-bond donors (Lipinski definition) is 0. The fraction of sp³-hybridized carbons (Fsp3) is 0.167. The minimum atomic E-state index is -0.411. The molecular formula is C24H20FN3O2S. The number of hydrogen-bond acceptors (Lipinski definition) is 5. The average Bonchev–Trinajstić information content (AvgIpc) is 3.41. The second-order valence-corrected chi connectivity index (χ2v) is 8.38. The lowest BCUT2D eigenvalue weighted by Gasteiger charge is -2.37. The van der Waals surface area contributed by atoms with E-state index in [1.54, 1.807) is 0 Å². The molecule has 0 aliphatic carbocycles. The lowest BCUT2D eigenvalue weighted by molar-refractivity contribution is -0.120. The number of carbonyl (C=O) groups is 2. The Bertz CT molecular complexity index is 1140. The molecule has 1 saturated heterocycles. The van der Waals surface area contributed by atoms with E-state index in [0.29, 0.717) is 30.0 Å². The van der Waals surface area contributed by atoms with Gasteiger partial charge < -0.3 is 9.80 Å². The van der Waals surface area contributed by atoms with E-state index in [1.807, 2.05) is 40.6 Å². The van der Waals surface area contributed by atoms with Gasteiger partial charge in [0.1, 0.15) is 11.5 Å². The predicted octanol–water partition coefficient (Wildman–Crippen LogP) is 3.99. The van der Waals surface area contributed by atoms with Crippen LogP contribution < -0.4 is 9.80 Å². The number of imide groups is 1. The van der Waals surface area contributed by atoms with Gasteiger partial charge in [0.25, 0.3) is 11.8 Å². The molecule has 0 saturated carbocycles. The quantitative estimate of drug-likeness (QED) is 0.584. The van der Waals surface area contributed by atoms with Crippen LogP contribution in [0.25, 0.3) is 5.57 Å². The van der Waals surface area contributed by atoms with Crippen molar-refractivity contribution in [1.29, 1.82) is 0 Å². The molecule has 156 valence electrons. The molecule has 0 radical (unpaired) electrons. The van der Waals surface area contributed by atoms with E-state index in [0.717, 1.165) is 28.6 Å². The fourth-order valence-electron chi connectivity index (χ4n) is 4.11. The minimum Gasteiger partial charge on any atom is -0.368 e. The van der Waals surface area contributed by atoms with Crippen LogP contribution in [0, 0.1) is 5.82 Å². The maximum absolute atomic E-state index is 13.5. The second kappa shape index (κ2) is 8.00. The van der Waals surface area contributed by atoms with Crippen LogP contribution in [0.2, 0.25) is 0 Å². The van der Waals surface area contributed by atoms with Gasteiger partial charge in [-0.3, -0.25) is 9.59 Å². The molecule has 2 aliphatic heterocycles. The molecule has 1 fully saturated rings. The van der Waals surface area contributed by atoms with Gasteiger partial charge in [-0.15, -0.1) is 11.3 Å². The van der Waals surface area contributed by atoms with E-state index >= 15 is 0 Å². The first-order valence-electron chi connectivity index (χ1n) is 10.1. The zero-order chi connectivity index (χ0) is 21.4. The Morgan fingerprint density at radius 1 is 0.710 bits per heavy atom. The van der Waals surface area contributed by atoms with Crippen molar-refractivity contribution in [3.63, 3.8) is 0 Å². The van der Waals surface area contributed by atoms with E-state index in [2.05, 4.69) is 17.0 Å². The zero-order valence-corrected chi connectivity index (χ0v) is 17.5. The largest absolute Gasteiger partial charge is 0.368 e. The molecule has 2 amide bonds. The van der Waals surface area contributed by atoms with Gasteiger partial charge in [0.05, 0.1) is 11.3 Å². The van der Waals surface area contributed by atoms with Crippen LogP contribution in [0.1, 0.15) is 4.88 Å². The summed E-state index contributed by atoms with van der Waals surface area (Å²) in [4.78, 5) is 33.0. The summed E-state index contributed by atoms with van der Waals surface area (Å²) in [7, 11) is 0. The van der Waals surface area contributed by atoms with Crippen molar-refractivity contribution >= 4 is 40.1 Å². The highest BCUT2D eigenvalue weighted by Crippen LogP contribution is 2.37. The van der Waals surface area contributed by atoms with Gasteiger partial charge >= 0.3 is 0 Å². The van der Waals surface area contributed by atoms with Gasteiger partial charge in [0, 0.05) is 36.7 Å². The summed E-state index contributed by atoms with van der Waals surface area (Å²) < 4.78 is 13.4. The number of thiophene rings is 1. The Balaban J connectivity index is 1.47. The monoisotopic (exact) mass is 433 g/mol. The normalized spacial score (nSPS) is 17.1. The Kier molecular flexibility index (Phi) is 5.03. The van der Waals surface area contributed by atoms with Crippen LogP contribution in [-0.2, 0) is 9.59 Å². The standard InChI is InChI=1S/C24H20FN3O2S/c25-17-8-10-19(11-9-17)28-23(29)21(20-7-4-16-31-20)22(24(28)30)27-14-12-26(13-15-27)18-5-2-1-3-6-18/h1-11,16H,12-15H2. The summed E-state index contributed by atoms with van der Waals surface area (Å²) in [5, 5.41) is 1.89. The zero-order valence-electron chi connectivity index (χ0n) is 16.7. The van der Waals surface area contributed by atoms with Gasteiger partial charge in [0.2, 0.25) is 0 Å². The SMILES string of the molecule is O=C1C(c2cccs2)=C(N2CCN(c3ccccc3)CC2)C(=O)N1c1ccc(F)cc1. The van der Waals surface area contributed by atoms with Gasteiger partial charge in [-0.25, -0.2) is 9.29 Å². The number of benzene rings is 2. The van der Waals surface area contributed by atoms with Crippen LogP contribution in [-0.4, -0.2) is 42.9 Å². The second-order valence-electron chi connectivity index (χ2n) is 7.43. The molecule has 5 nitrogen and oxygen atoms in total. The molecule has 0 bridgehead atoms. The van der Waals surface area contributed by atoms with Crippen molar-refractivity contribution in [2.24, 2.45) is 0 Å². The van der Waals surface area contributed by atoms with Gasteiger partial charge in [0.15, 0.2) is 0 Å². The third kappa shape index (κ3) is 3.51. The number of rotatable bonds is 4. The van der Waals surface area contributed by atoms with Crippen molar-refractivity contribution in [2.45, 2.75) is 0 Å². The highest BCUT2D eigenvalue weighted by molar-refractivity contribution is 7.11. The summed E-state index contributed by atoms with van der Waals surface area (Å²) in [5.41, 5.74) is 2.39. The van der Waals surface area contributed by atoms with E-state index in [9.17, 15) is 14.0 Å². The molecule has 0 spiro atoms. The summed E-state index contributed by atoms with van der Waals surface area (Å²) in [5.74, 6) is -1.13. The Morgan fingerprint density at radius 2 is 1.39 bits per heavy atom. The summed E-state index contributed by atoms with van der Waals surface area (Å²) in [6.45, 7) is 2.78. The van der Waals surface area contributed by atoms with Crippen molar-refractivity contribution in [3.05, 3.63) is 88.5 Å². The van der Waals surface area contributed by atoms with Crippen LogP contribution >= 0.6 is 11.3 Å². The first kappa shape index (κ1) is 19.5. The topological polar surface area (TPSA) is 43.9 Å². The predicted molar refractivity (Wildman–Crippen MR) is 120 cm³/mol. The van der Waals surface area contributed by atoms with E-state index in [1.165, 1.54) is 35.6 Å². The molecule has 0 N–H and O–H groups in total. The third-order valence-corrected chi connectivity index (χ3v) is 6.52. The molecular weight excluding hydrogens is 413 g/mol. The minimum absolute atomic E-state index is 0.354. The molecule has 0 unspecified atom stereocenters. The number of piperazine rings is 1. The van der Waals surface area contributed by atoms with Gasteiger partial charge in [-0.1, -0.05) is 24.3 Å². The fourth-order valence-corrected chi connectivity index (χ4v) is 4.87. The highest BCUT2D eigenvalue weighted by Gasteiger charge is 2.43. The molecule has 2 aromatic carbocycles. The van der Waals surface area contributed by atoms with Crippen molar-refractivity contribution in [3.8, 4) is 0 Å². The van der Waals surface area contributed by atoms with Crippen molar-refractivity contribution < 1.29 is 14.0 Å². The lowest BCUT2D eigenvalue weighted by Crippen LogP contribution is -2.47. The molecule has 3 aromatic rings. The number of para-hydroxylation sites is 1. The van der Waals surface area contributed by atoms with Crippen molar-refractivity contribution in [2.75, 3.05) is 36.0 Å². The summed E-state index contributed by atoms with van der Waals surface area (Å²) in [6, 6.07) is 19.4. The summed E-state index contributed by atoms with van der Waals surface area (Å²) in [6.07, 6.45) is 0. The first-order chi connectivity index (χ1) is 15.1. The van der Waals surface area contributed by atoms with Gasteiger partial charge in [-0.2, -0.15) is 0 Å². The number of anilines is 2. The Morgan fingerprint density at radius 3 is 2.03 bits per heavy atom. The smallest absolute Gasteiger partial charge is 0.282 e. The highest BCUT2D eigenvalue weighted by atomic mass is 32.1. The maximum atomic E-state index is 13.5. The Hall–Kier alpha value is -3.45. The first-order valence-corrected chi connectivity index (χ1v) is 11.0. The number of carbonyl (C=O) groups excluding carboxylic acids is 2. The average molecular weight is 434 g/mol. The summed E-state index contributed by atoms with van der Waals surface area (Å²) >= 11 is 1.44. The number of nitrogens with zero attached hydrogens (tertiary/aromatic N) is 3. The number of amides is 2. The van der Waals surface area contributed by atoms with Crippen molar-refractivity contribution in [1.82, 2.24) is 4.90 Å². The van der Waals surface area contributed by atoms with Gasteiger partial charge in [-0.05, 0) is 47.8 Å². The number of halogens is 1. The molecule has 0 atom stereocenters. The van der Waals surface area contributed by atoms with Crippen LogP contribution in [0.5, 0.6) is 0 Å². The van der Waals surface area contributed by atoms with E-state index in [-0.39, 0.29) is 11.8 Å². The van der Waals surface area contributed by atoms with Crippen LogP contribution in [0.3, 0.4) is 0 Å². The molecule has 5 rings (SSSR count).